The zero-order valence-corrected chi connectivity index (χ0v) is 15.2. The highest BCUT2D eigenvalue weighted by Crippen LogP contribution is 2.36. The Hall–Kier alpha value is -3.16. The molecular formula is C20H18F2N4O2. The Bertz CT molecular complexity index is 991. The van der Waals surface area contributed by atoms with Crippen molar-refractivity contribution in [3.05, 3.63) is 77.2 Å². The van der Waals surface area contributed by atoms with Crippen molar-refractivity contribution >= 4 is 5.91 Å². The number of pyridine rings is 1. The molecular weight excluding hydrogens is 366 g/mol. The number of carbonyl (C=O) groups excluding carboxylic acids is 1. The number of hydrogen-bond acceptors (Lipinski definition) is 5. The Morgan fingerprint density at radius 1 is 1.21 bits per heavy atom. The van der Waals surface area contributed by atoms with E-state index in [2.05, 4.69) is 15.1 Å². The summed E-state index contributed by atoms with van der Waals surface area (Å²) >= 11 is 0. The van der Waals surface area contributed by atoms with Gasteiger partial charge in [-0.2, -0.15) is 13.8 Å². The van der Waals surface area contributed by atoms with E-state index < -0.39 is 17.5 Å². The minimum atomic E-state index is -3.50. The van der Waals surface area contributed by atoms with Crippen LogP contribution in [0.3, 0.4) is 0 Å². The number of aromatic nitrogens is 3. The molecule has 1 aliphatic heterocycles. The molecule has 8 heteroatoms. The number of nitrogens with zero attached hydrogens (tertiary/aromatic N) is 4. The lowest BCUT2D eigenvalue weighted by Crippen LogP contribution is -2.24. The summed E-state index contributed by atoms with van der Waals surface area (Å²) < 4.78 is 34.4. The highest BCUT2D eigenvalue weighted by atomic mass is 19.3. The first-order valence-electron chi connectivity index (χ1n) is 8.91. The molecule has 0 radical (unpaired) electrons. The number of amides is 1. The van der Waals surface area contributed by atoms with Gasteiger partial charge < -0.3 is 9.42 Å². The third-order valence-corrected chi connectivity index (χ3v) is 4.81. The topological polar surface area (TPSA) is 72.1 Å². The molecule has 144 valence electrons. The van der Waals surface area contributed by atoms with Gasteiger partial charge in [-0.15, -0.1) is 0 Å². The summed E-state index contributed by atoms with van der Waals surface area (Å²) in [4.78, 5) is 21.7. The normalized spacial score (nSPS) is 17.3. The minimum absolute atomic E-state index is 0.0625. The largest absolute Gasteiger partial charge is 0.366 e. The molecule has 1 aromatic carbocycles. The molecule has 0 N–H and O–H groups in total. The summed E-state index contributed by atoms with van der Waals surface area (Å²) in [5.74, 6) is -4.63. The number of alkyl halides is 2. The monoisotopic (exact) mass is 384 g/mol. The number of likely N-dealkylation sites (tertiary alicyclic amines) is 1. The molecule has 6 nitrogen and oxygen atoms in total. The van der Waals surface area contributed by atoms with Gasteiger partial charge in [0.15, 0.2) is 5.82 Å². The van der Waals surface area contributed by atoms with Gasteiger partial charge in [0, 0.05) is 31.6 Å². The molecule has 0 aliphatic carbocycles. The standard InChI is InChI=1S/C20H18F2N4O2/c1-13-6-5-9-23-17(13)20(21,22)19-24-18(25-28-19)15-10-16(27)26(12-15)11-14-7-3-2-4-8-14/h2-9,15H,10-12H2,1H3. The fraction of sp³-hybridized carbons (Fsp3) is 0.300. The summed E-state index contributed by atoms with van der Waals surface area (Å²) in [5, 5.41) is 3.72. The predicted octanol–water partition coefficient (Wildman–Crippen LogP) is 3.43. The molecule has 1 unspecified atom stereocenters. The lowest BCUT2D eigenvalue weighted by molar-refractivity contribution is -0.128. The van der Waals surface area contributed by atoms with Crippen LogP contribution in [0.25, 0.3) is 0 Å². The predicted molar refractivity (Wildman–Crippen MR) is 95.5 cm³/mol. The molecule has 4 rings (SSSR count). The van der Waals surface area contributed by atoms with E-state index in [0.717, 1.165) is 5.56 Å². The number of benzene rings is 1. The third-order valence-electron chi connectivity index (χ3n) is 4.81. The molecule has 28 heavy (non-hydrogen) atoms. The van der Waals surface area contributed by atoms with Gasteiger partial charge in [0.2, 0.25) is 5.91 Å². The van der Waals surface area contributed by atoms with Crippen LogP contribution in [0.2, 0.25) is 0 Å². The van der Waals surface area contributed by atoms with Crippen LogP contribution in [0.4, 0.5) is 8.78 Å². The van der Waals surface area contributed by atoms with Crippen molar-refractivity contribution in [1.82, 2.24) is 20.0 Å². The van der Waals surface area contributed by atoms with Crippen LogP contribution in [-0.4, -0.2) is 32.5 Å². The lowest BCUT2D eigenvalue weighted by atomic mass is 10.1. The first-order valence-corrected chi connectivity index (χ1v) is 8.91. The average Bonchev–Trinajstić information content (AvgIpc) is 3.31. The Morgan fingerprint density at radius 2 is 2.00 bits per heavy atom. The van der Waals surface area contributed by atoms with Crippen molar-refractivity contribution in [1.29, 1.82) is 0 Å². The summed E-state index contributed by atoms with van der Waals surface area (Å²) in [7, 11) is 0. The van der Waals surface area contributed by atoms with Gasteiger partial charge in [-0.3, -0.25) is 9.78 Å². The van der Waals surface area contributed by atoms with Gasteiger partial charge >= 0.3 is 11.8 Å². The molecule has 1 fully saturated rings. The maximum Gasteiger partial charge on any atom is 0.366 e. The maximum absolute atomic E-state index is 14.8. The average molecular weight is 384 g/mol. The van der Waals surface area contributed by atoms with E-state index in [0.29, 0.717) is 18.7 Å². The molecule has 3 heterocycles. The van der Waals surface area contributed by atoms with Crippen LogP contribution >= 0.6 is 0 Å². The fourth-order valence-corrected chi connectivity index (χ4v) is 3.35. The Morgan fingerprint density at radius 3 is 2.75 bits per heavy atom. The van der Waals surface area contributed by atoms with Crippen molar-refractivity contribution in [2.75, 3.05) is 6.54 Å². The van der Waals surface area contributed by atoms with Crippen molar-refractivity contribution < 1.29 is 18.1 Å². The molecule has 1 saturated heterocycles. The highest BCUT2D eigenvalue weighted by Gasteiger charge is 2.44. The van der Waals surface area contributed by atoms with E-state index in [9.17, 15) is 13.6 Å². The molecule has 1 atom stereocenters. The second-order valence-corrected chi connectivity index (χ2v) is 6.86. The number of rotatable bonds is 5. The number of halogens is 2. The Kier molecular flexibility index (Phi) is 4.62. The van der Waals surface area contributed by atoms with E-state index in [1.807, 2.05) is 30.3 Å². The molecule has 3 aromatic rings. The summed E-state index contributed by atoms with van der Waals surface area (Å²) in [6.07, 6.45) is 1.46. The molecule has 0 spiro atoms. The van der Waals surface area contributed by atoms with Crippen LogP contribution < -0.4 is 0 Å². The van der Waals surface area contributed by atoms with Crippen LogP contribution in [0.15, 0.2) is 53.2 Å². The molecule has 1 aliphatic rings. The van der Waals surface area contributed by atoms with Gasteiger partial charge in [-0.25, -0.2) is 0 Å². The van der Waals surface area contributed by atoms with E-state index in [-0.39, 0.29) is 24.1 Å². The molecule has 2 aromatic heterocycles. The van der Waals surface area contributed by atoms with Crippen molar-refractivity contribution in [2.45, 2.75) is 31.7 Å². The smallest absolute Gasteiger partial charge is 0.338 e. The Labute approximate surface area is 160 Å². The number of aryl methyl sites for hydroxylation is 1. The zero-order valence-electron chi connectivity index (χ0n) is 15.2. The third kappa shape index (κ3) is 3.37. The van der Waals surface area contributed by atoms with E-state index in [1.165, 1.54) is 6.20 Å². The fourth-order valence-electron chi connectivity index (χ4n) is 3.35. The first-order chi connectivity index (χ1) is 13.4. The van der Waals surface area contributed by atoms with E-state index in [1.54, 1.807) is 24.0 Å². The SMILES string of the molecule is Cc1cccnc1C(F)(F)c1nc(C2CC(=O)N(Cc3ccccc3)C2)no1. The van der Waals surface area contributed by atoms with Gasteiger partial charge in [-0.1, -0.05) is 41.6 Å². The Balaban J connectivity index is 1.52. The van der Waals surface area contributed by atoms with Crippen molar-refractivity contribution in [3.8, 4) is 0 Å². The number of hydrogen-bond donors (Lipinski definition) is 0. The molecule has 1 amide bonds. The lowest BCUT2D eigenvalue weighted by Gasteiger charge is -2.16. The summed E-state index contributed by atoms with van der Waals surface area (Å²) in [6, 6.07) is 12.7. The maximum atomic E-state index is 14.8. The second kappa shape index (κ2) is 7.10. The van der Waals surface area contributed by atoms with Gasteiger partial charge in [0.05, 0.1) is 0 Å². The zero-order chi connectivity index (χ0) is 19.7. The van der Waals surface area contributed by atoms with Gasteiger partial charge in [0.1, 0.15) is 5.69 Å². The highest BCUT2D eigenvalue weighted by molar-refractivity contribution is 5.79. The van der Waals surface area contributed by atoms with Crippen LogP contribution in [-0.2, 0) is 17.3 Å². The summed E-state index contributed by atoms with van der Waals surface area (Å²) in [6.45, 7) is 2.37. The van der Waals surface area contributed by atoms with Crippen molar-refractivity contribution in [2.24, 2.45) is 0 Å². The quantitative estimate of drug-likeness (QED) is 0.674. The minimum Gasteiger partial charge on any atom is -0.338 e. The molecule has 0 bridgehead atoms. The second-order valence-electron chi connectivity index (χ2n) is 6.86. The number of carbonyl (C=O) groups is 1. The van der Waals surface area contributed by atoms with E-state index >= 15 is 0 Å². The molecule has 0 saturated carbocycles. The van der Waals surface area contributed by atoms with Gasteiger partial charge in [0.25, 0.3) is 0 Å². The van der Waals surface area contributed by atoms with Crippen LogP contribution in [0.1, 0.15) is 40.9 Å². The van der Waals surface area contributed by atoms with Crippen LogP contribution in [0, 0.1) is 6.92 Å². The van der Waals surface area contributed by atoms with Gasteiger partial charge in [-0.05, 0) is 24.1 Å². The van der Waals surface area contributed by atoms with Crippen molar-refractivity contribution in [3.63, 3.8) is 0 Å². The van der Waals surface area contributed by atoms with Crippen LogP contribution in [0.5, 0.6) is 0 Å². The van der Waals surface area contributed by atoms with E-state index in [4.69, 9.17) is 4.52 Å². The first kappa shape index (κ1) is 18.2. The summed E-state index contributed by atoms with van der Waals surface area (Å²) in [5.41, 5.74) is 0.915.